The molecule has 0 amide bonds. The first-order valence-corrected chi connectivity index (χ1v) is 23.8. The van der Waals surface area contributed by atoms with Gasteiger partial charge in [0.25, 0.3) is 5.69 Å². The van der Waals surface area contributed by atoms with E-state index in [9.17, 15) is 0 Å². The summed E-state index contributed by atoms with van der Waals surface area (Å²) in [5.41, 5.74) is 14.4. The Morgan fingerprint density at radius 2 is 1.10 bits per heavy atom. The van der Waals surface area contributed by atoms with Crippen molar-refractivity contribution in [1.82, 2.24) is 18.7 Å². The van der Waals surface area contributed by atoms with Gasteiger partial charge in [-0.2, -0.15) is 12.1 Å². The van der Waals surface area contributed by atoms with Crippen LogP contribution in [0.2, 0.25) is 0 Å². The third-order valence-corrected chi connectivity index (χ3v) is 13.2. The van der Waals surface area contributed by atoms with Crippen LogP contribution in [0.15, 0.2) is 128 Å². The number of benzene rings is 6. The SMILES string of the molecule is CC(C)(C)c1cccc(-c2cccc3c2[N+](c2cc(C(C)(C)C)cc(C(C)(C)C)c2)=C=[N+]3c2[c-]c(Oc3[c-]c4c(cc3)c3ccc(C(C)(C)C)cc3n4-c3cc(C(C)(C)C)ccn3)ccc2)c1.[Pt+2]. The summed E-state index contributed by atoms with van der Waals surface area (Å²) in [7, 11) is 0. The Balaban J connectivity index is 0.00000625. The number of fused-ring (bicyclic) bond motifs is 4. The van der Waals surface area contributed by atoms with Crippen LogP contribution < -0.4 is 13.9 Å². The second kappa shape index (κ2) is 17.3. The Kier molecular flexibility index (Phi) is 12.3. The quantitative estimate of drug-likeness (QED) is 0.123. The molecule has 0 saturated heterocycles. The van der Waals surface area contributed by atoms with E-state index in [2.05, 4.69) is 239 Å². The van der Waals surface area contributed by atoms with Crippen LogP contribution in [0.25, 0.3) is 38.8 Å². The van der Waals surface area contributed by atoms with Crippen molar-refractivity contribution in [1.29, 1.82) is 0 Å². The van der Waals surface area contributed by atoms with Crippen molar-refractivity contribution in [2.45, 2.75) is 131 Å². The minimum atomic E-state index is -0.0605. The second-order valence-electron chi connectivity index (χ2n) is 23.6. The molecule has 0 unspecified atom stereocenters. The van der Waals surface area contributed by atoms with Gasteiger partial charge in [-0.3, -0.25) is 0 Å². The van der Waals surface area contributed by atoms with Crippen molar-refractivity contribution in [2.24, 2.45) is 0 Å². The summed E-state index contributed by atoms with van der Waals surface area (Å²) < 4.78 is 13.4. The molecular formula is C62H66N4OPt+2. The number of pyridine rings is 1. The second-order valence-corrected chi connectivity index (χ2v) is 23.6. The number of rotatable bonds is 6. The monoisotopic (exact) mass is 1080 g/mol. The fourth-order valence-electron chi connectivity index (χ4n) is 8.95. The van der Waals surface area contributed by atoms with E-state index in [1.165, 1.54) is 33.4 Å². The van der Waals surface area contributed by atoms with Crippen molar-refractivity contribution < 1.29 is 25.8 Å². The van der Waals surface area contributed by atoms with Crippen LogP contribution in [-0.2, 0) is 48.1 Å². The van der Waals surface area contributed by atoms with E-state index in [-0.39, 0.29) is 48.1 Å². The molecule has 3 heterocycles. The van der Waals surface area contributed by atoms with Gasteiger partial charge in [-0.1, -0.05) is 175 Å². The molecule has 9 rings (SSSR count). The molecule has 0 atom stereocenters. The zero-order valence-corrected chi connectivity index (χ0v) is 44.9. The molecule has 0 bridgehead atoms. The van der Waals surface area contributed by atoms with E-state index < -0.39 is 0 Å². The smallest absolute Gasteiger partial charge is 0.509 e. The average Bonchev–Trinajstić information content (AvgIpc) is 3.81. The molecule has 0 fully saturated rings. The molecule has 2 aromatic heterocycles. The van der Waals surface area contributed by atoms with Gasteiger partial charge >= 0.3 is 32.8 Å². The zero-order valence-electron chi connectivity index (χ0n) is 42.6. The number of aromatic nitrogens is 2. The Hall–Kier alpha value is -5.86. The molecule has 6 heteroatoms. The molecule has 1 aliphatic heterocycles. The molecule has 5 nitrogen and oxygen atoms in total. The maximum absolute atomic E-state index is 6.76. The van der Waals surface area contributed by atoms with Crippen molar-refractivity contribution >= 4 is 50.6 Å². The van der Waals surface area contributed by atoms with Gasteiger partial charge in [-0.25, -0.2) is 4.98 Å². The number of para-hydroxylation sites is 1. The topological polar surface area (TPSA) is 33.1 Å². The van der Waals surface area contributed by atoms with E-state index in [1.807, 2.05) is 24.4 Å². The number of hydrogen-bond donors (Lipinski definition) is 0. The first-order chi connectivity index (χ1) is 31.3. The number of ether oxygens (including phenoxy) is 1. The Labute approximate surface area is 419 Å². The van der Waals surface area contributed by atoms with Crippen LogP contribution in [0.5, 0.6) is 11.5 Å². The van der Waals surface area contributed by atoms with Crippen molar-refractivity contribution in [3.05, 3.63) is 167 Å². The maximum atomic E-state index is 6.76. The molecule has 1 aliphatic rings. The van der Waals surface area contributed by atoms with Crippen LogP contribution in [0, 0.1) is 12.1 Å². The van der Waals surface area contributed by atoms with Gasteiger partial charge in [0.1, 0.15) is 11.5 Å². The summed E-state index contributed by atoms with van der Waals surface area (Å²) in [5.74, 6) is 2.04. The molecule has 8 aromatic rings. The van der Waals surface area contributed by atoms with E-state index in [0.717, 1.165) is 55.9 Å². The van der Waals surface area contributed by atoms with Crippen molar-refractivity contribution in [2.75, 3.05) is 0 Å². The summed E-state index contributed by atoms with van der Waals surface area (Å²) in [5, 5.41) is 2.24. The molecule has 68 heavy (non-hydrogen) atoms. The number of hydrogen-bond acceptors (Lipinski definition) is 2. The summed E-state index contributed by atoms with van der Waals surface area (Å²) >= 11 is 0. The van der Waals surface area contributed by atoms with E-state index in [0.29, 0.717) is 11.5 Å². The molecule has 0 spiro atoms. The molecule has 0 aliphatic carbocycles. The minimum absolute atomic E-state index is 0. The Morgan fingerprint density at radius 1 is 0.515 bits per heavy atom. The minimum Gasteiger partial charge on any atom is -0.509 e. The predicted molar refractivity (Wildman–Crippen MR) is 282 cm³/mol. The van der Waals surface area contributed by atoms with Crippen LogP contribution in [0.3, 0.4) is 0 Å². The van der Waals surface area contributed by atoms with Crippen LogP contribution in [0.4, 0.5) is 22.7 Å². The van der Waals surface area contributed by atoms with E-state index in [4.69, 9.17) is 9.72 Å². The standard InChI is InChI=1S/C62H66N4O.Pt/c1-58(2,3)41-20-16-19-40(31-41)50-23-18-24-53-57(50)65(47-33-44(61(10,11)12)32-45(34-47)62(13,14)15)39-64(53)46-21-17-22-48(37-46)67-49-26-28-52-51-27-25-42(59(4,5)6)35-54(51)66(55(52)38-49)56-36-43(29-30-63-56)60(7,8)9;/h16-36H,1-15H3;/q;+2. The Morgan fingerprint density at radius 3 is 1.76 bits per heavy atom. The van der Waals surface area contributed by atoms with Crippen LogP contribution >= 0.6 is 0 Å². The first-order valence-electron chi connectivity index (χ1n) is 23.8. The fourth-order valence-corrected chi connectivity index (χ4v) is 8.95. The van der Waals surface area contributed by atoms with Gasteiger partial charge < -0.3 is 9.30 Å². The van der Waals surface area contributed by atoms with Gasteiger partial charge in [0.05, 0.1) is 5.56 Å². The van der Waals surface area contributed by atoms with Crippen molar-refractivity contribution in [3.63, 3.8) is 0 Å². The predicted octanol–water partition coefficient (Wildman–Crippen LogP) is 16.6. The first kappa shape index (κ1) is 48.6. The zero-order chi connectivity index (χ0) is 48.0. The molecule has 348 valence electrons. The van der Waals surface area contributed by atoms with Gasteiger partial charge in [0.15, 0.2) is 0 Å². The summed E-state index contributed by atoms with van der Waals surface area (Å²) in [6.07, 6.45) is 1.92. The third kappa shape index (κ3) is 9.33. The van der Waals surface area contributed by atoms with Gasteiger partial charge in [-0.05, 0) is 94.7 Å². The van der Waals surface area contributed by atoms with Crippen LogP contribution in [0.1, 0.15) is 132 Å². The largest absolute Gasteiger partial charge is 2.00 e. The van der Waals surface area contributed by atoms with Gasteiger partial charge in [-0.15, -0.1) is 23.6 Å². The normalized spacial score (nSPS) is 13.3. The van der Waals surface area contributed by atoms with E-state index in [1.54, 1.807) is 0 Å². The summed E-state index contributed by atoms with van der Waals surface area (Å²) in [6.45, 7) is 34.1. The van der Waals surface area contributed by atoms with Gasteiger partial charge in [0.2, 0.25) is 5.69 Å². The molecule has 0 radical (unpaired) electrons. The summed E-state index contributed by atoms with van der Waals surface area (Å²) in [6, 6.07) is 55.2. The fraction of sp³-hybridized carbons (Fsp3) is 0.323. The third-order valence-electron chi connectivity index (χ3n) is 13.2. The molecule has 0 saturated carbocycles. The van der Waals surface area contributed by atoms with Gasteiger partial charge in [0, 0.05) is 41.4 Å². The van der Waals surface area contributed by atoms with Crippen molar-refractivity contribution in [3.8, 4) is 28.4 Å². The Bertz CT molecular complexity index is 3300. The molecular weight excluding hydrogens is 1010 g/mol. The maximum Gasteiger partial charge on any atom is 2.00 e. The van der Waals surface area contributed by atoms with E-state index >= 15 is 0 Å². The molecule has 6 aromatic carbocycles. The number of nitrogens with zero attached hydrogens (tertiary/aromatic N) is 4. The summed E-state index contributed by atoms with van der Waals surface area (Å²) in [4.78, 5) is 4.96. The van der Waals surface area contributed by atoms with Crippen LogP contribution in [-0.4, -0.2) is 15.6 Å². The average molecular weight is 1080 g/mol. The molecule has 0 N–H and O–H groups in total.